The number of urea groups is 1. The van der Waals surface area contributed by atoms with Gasteiger partial charge in [-0.1, -0.05) is 30.3 Å². The second kappa shape index (κ2) is 8.64. The molecule has 1 aromatic carbocycles. The fraction of sp³-hybridized carbons (Fsp3) is 0.520. The molecule has 2 atom stereocenters. The molecule has 2 aromatic rings. The first-order valence-electron chi connectivity index (χ1n) is 11.8. The van der Waals surface area contributed by atoms with Crippen LogP contribution in [0.25, 0.3) is 0 Å². The molecule has 8 nitrogen and oxygen atoms in total. The van der Waals surface area contributed by atoms with Gasteiger partial charge in [-0.05, 0) is 37.7 Å². The zero-order chi connectivity index (χ0) is 23.0. The first kappa shape index (κ1) is 21.7. The Morgan fingerprint density at radius 2 is 1.82 bits per heavy atom. The van der Waals surface area contributed by atoms with Gasteiger partial charge in [-0.2, -0.15) is 5.26 Å². The molecule has 3 fully saturated rings. The number of carbonyl (C=O) groups excluding carboxylic acids is 1. The van der Waals surface area contributed by atoms with Crippen molar-refractivity contribution in [2.75, 3.05) is 31.1 Å². The molecule has 2 aliphatic heterocycles. The van der Waals surface area contributed by atoms with Crippen molar-refractivity contribution < 1.29 is 4.79 Å². The zero-order valence-electron chi connectivity index (χ0n) is 19.3. The second-order valence-corrected chi connectivity index (χ2v) is 10.1. The number of benzene rings is 1. The molecule has 3 aliphatic rings. The number of aromatic nitrogens is 2. The number of hydrogen-bond acceptors (Lipinski definition) is 6. The number of likely N-dealkylation sites (tertiary alicyclic amines) is 1. The van der Waals surface area contributed by atoms with Gasteiger partial charge in [-0.25, -0.2) is 14.8 Å². The van der Waals surface area contributed by atoms with Crippen molar-refractivity contribution in [2.24, 2.45) is 5.41 Å². The Balaban J connectivity index is 1.09. The Morgan fingerprint density at radius 3 is 2.48 bits per heavy atom. The van der Waals surface area contributed by atoms with Gasteiger partial charge in [-0.3, -0.25) is 4.90 Å². The van der Waals surface area contributed by atoms with Gasteiger partial charge in [0, 0.05) is 50.8 Å². The van der Waals surface area contributed by atoms with Crippen LogP contribution in [0, 0.1) is 16.7 Å². The highest BCUT2D eigenvalue weighted by Crippen LogP contribution is 2.48. The third kappa shape index (κ3) is 4.38. The van der Waals surface area contributed by atoms with Crippen LogP contribution < -0.4 is 10.2 Å². The number of nitriles is 1. The van der Waals surface area contributed by atoms with Crippen molar-refractivity contribution in [3.8, 4) is 6.07 Å². The van der Waals surface area contributed by atoms with E-state index in [-0.39, 0.29) is 24.2 Å². The monoisotopic (exact) mass is 445 g/mol. The van der Waals surface area contributed by atoms with Crippen LogP contribution in [-0.2, 0) is 6.54 Å². The lowest BCUT2D eigenvalue weighted by Crippen LogP contribution is -2.68. The predicted octanol–water partition coefficient (Wildman–Crippen LogP) is 2.62. The summed E-state index contributed by atoms with van der Waals surface area (Å²) in [6, 6.07) is 13.1. The molecular formula is C25H31N7O. The number of hydrogen-bond donors (Lipinski definition) is 1. The second-order valence-electron chi connectivity index (χ2n) is 10.1. The molecule has 8 heteroatoms. The van der Waals surface area contributed by atoms with Crippen LogP contribution in [0.3, 0.4) is 0 Å². The van der Waals surface area contributed by atoms with E-state index in [4.69, 9.17) is 5.26 Å². The Kier molecular flexibility index (Phi) is 5.67. The highest BCUT2D eigenvalue weighted by molar-refractivity contribution is 5.75. The van der Waals surface area contributed by atoms with E-state index in [1.54, 1.807) is 12.4 Å². The predicted molar refractivity (Wildman–Crippen MR) is 125 cm³/mol. The average molecular weight is 446 g/mol. The maximum atomic E-state index is 13.0. The molecule has 0 unspecified atom stereocenters. The van der Waals surface area contributed by atoms with Crippen molar-refractivity contribution >= 4 is 12.0 Å². The fourth-order valence-corrected chi connectivity index (χ4v) is 5.67. The molecule has 1 aromatic heterocycles. The van der Waals surface area contributed by atoms with Crippen LogP contribution in [0.2, 0.25) is 0 Å². The summed E-state index contributed by atoms with van der Waals surface area (Å²) in [5.41, 5.74) is 2.22. The summed E-state index contributed by atoms with van der Waals surface area (Å²) in [5, 5.41) is 12.2. The van der Waals surface area contributed by atoms with E-state index in [1.165, 1.54) is 5.56 Å². The number of nitrogens with zero attached hydrogens (tertiary/aromatic N) is 6. The molecule has 1 N–H and O–H groups in total. The Hall–Kier alpha value is -3.18. The lowest BCUT2D eigenvalue weighted by atomic mass is 9.60. The van der Waals surface area contributed by atoms with Crippen LogP contribution in [0.15, 0.2) is 42.7 Å². The van der Waals surface area contributed by atoms with Crippen molar-refractivity contribution in [1.82, 2.24) is 25.1 Å². The first-order chi connectivity index (χ1) is 15.9. The van der Waals surface area contributed by atoms with Crippen LogP contribution in [0.1, 0.15) is 37.8 Å². The minimum absolute atomic E-state index is 0.0371. The third-order valence-electron chi connectivity index (χ3n) is 7.32. The van der Waals surface area contributed by atoms with Crippen molar-refractivity contribution in [2.45, 2.75) is 51.4 Å². The summed E-state index contributed by atoms with van der Waals surface area (Å²) < 4.78 is 0. The molecular weight excluding hydrogens is 414 g/mol. The minimum Gasteiger partial charge on any atom is -0.335 e. The average Bonchev–Trinajstić information content (AvgIpc) is 2.78. The number of anilines is 1. The molecule has 0 bridgehead atoms. The van der Waals surface area contributed by atoms with Crippen molar-refractivity contribution in [3.05, 3.63) is 53.9 Å². The Labute approximate surface area is 195 Å². The van der Waals surface area contributed by atoms with E-state index < -0.39 is 0 Å². The van der Waals surface area contributed by atoms with Gasteiger partial charge >= 0.3 is 6.03 Å². The molecule has 2 saturated heterocycles. The number of nitrogens with one attached hydrogen (secondary N) is 1. The molecule has 33 heavy (non-hydrogen) atoms. The molecule has 0 radical (unpaired) electrons. The van der Waals surface area contributed by atoms with Gasteiger partial charge in [0.05, 0.1) is 18.0 Å². The van der Waals surface area contributed by atoms with E-state index in [0.717, 1.165) is 32.5 Å². The van der Waals surface area contributed by atoms with Crippen LogP contribution in [0.4, 0.5) is 10.7 Å². The van der Waals surface area contributed by atoms with E-state index in [9.17, 15) is 4.79 Å². The van der Waals surface area contributed by atoms with Gasteiger partial charge in [0.2, 0.25) is 5.95 Å². The number of amides is 2. The van der Waals surface area contributed by atoms with Crippen molar-refractivity contribution in [1.29, 1.82) is 5.26 Å². The van der Waals surface area contributed by atoms with Gasteiger partial charge < -0.3 is 15.1 Å². The maximum Gasteiger partial charge on any atom is 0.317 e. The highest BCUT2D eigenvalue weighted by atomic mass is 16.2. The van der Waals surface area contributed by atoms with Crippen LogP contribution >= 0.6 is 0 Å². The summed E-state index contributed by atoms with van der Waals surface area (Å²) in [5.74, 6) is 0.611. The summed E-state index contributed by atoms with van der Waals surface area (Å²) in [6.45, 7) is 8.72. The summed E-state index contributed by atoms with van der Waals surface area (Å²) in [4.78, 5) is 28.2. The Morgan fingerprint density at radius 1 is 1.12 bits per heavy atom. The fourth-order valence-electron chi connectivity index (χ4n) is 5.67. The third-order valence-corrected chi connectivity index (χ3v) is 7.32. The van der Waals surface area contributed by atoms with Crippen LogP contribution in [0.5, 0.6) is 0 Å². The van der Waals surface area contributed by atoms with E-state index in [0.29, 0.717) is 30.0 Å². The van der Waals surface area contributed by atoms with Crippen molar-refractivity contribution in [3.63, 3.8) is 0 Å². The summed E-state index contributed by atoms with van der Waals surface area (Å²) in [7, 11) is 0. The standard InChI is InChI=1S/C25H31N7O/c1-18-14-32(19(2)13-31(18)23-27-11-21(10-26)12-28-23)24(33)29-22-8-25(9-22)16-30(17-25)15-20-6-4-3-5-7-20/h3-7,11-12,18-19,22H,8-9,13-17H2,1-2H3,(H,29,33)/t18-,19-/m1/s1. The number of carbonyl (C=O) groups is 1. The van der Waals surface area contributed by atoms with Gasteiger partial charge in [0.1, 0.15) is 6.07 Å². The molecule has 1 spiro atoms. The SMILES string of the molecule is C[C@@H]1CN(c2ncc(C#N)cn2)[C@H](C)CN1C(=O)NC1CC2(C1)CN(Cc1ccccc1)C2. The number of rotatable bonds is 4. The lowest BCUT2D eigenvalue weighted by molar-refractivity contribution is -0.0811. The highest BCUT2D eigenvalue weighted by Gasteiger charge is 2.52. The van der Waals surface area contributed by atoms with Gasteiger partial charge in [0.25, 0.3) is 0 Å². The number of piperazine rings is 1. The molecule has 5 rings (SSSR count). The Bertz CT molecular complexity index is 1020. The molecule has 1 aliphatic carbocycles. The van der Waals surface area contributed by atoms with Gasteiger partial charge in [-0.15, -0.1) is 0 Å². The lowest BCUT2D eigenvalue weighted by Gasteiger charge is -2.59. The van der Waals surface area contributed by atoms with Gasteiger partial charge in [0.15, 0.2) is 0 Å². The normalized spacial score (nSPS) is 24.6. The van der Waals surface area contributed by atoms with E-state index in [2.05, 4.69) is 69.3 Å². The topological polar surface area (TPSA) is 88.4 Å². The molecule has 172 valence electrons. The zero-order valence-corrected chi connectivity index (χ0v) is 19.3. The molecule has 1 saturated carbocycles. The van der Waals surface area contributed by atoms with E-state index >= 15 is 0 Å². The molecule has 3 heterocycles. The summed E-state index contributed by atoms with van der Waals surface area (Å²) >= 11 is 0. The maximum absolute atomic E-state index is 13.0. The minimum atomic E-state index is 0.0371. The summed E-state index contributed by atoms with van der Waals surface area (Å²) in [6.07, 6.45) is 5.25. The van der Waals surface area contributed by atoms with E-state index in [1.807, 2.05) is 11.0 Å². The van der Waals surface area contributed by atoms with Crippen LogP contribution in [-0.4, -0.2) is 70.1 Å². The largest absolute Gasteiger partial charge is 0.335 e. The first-order valence-corrected chi connectivity index (χ1v) is 11.8. The smallest absolute Gasteiger partial charge is 0.317 e. The molecule has 2 amide bonds. The quantitative estimate of drug-likeness (QED) is 0.778.